The average Bonchev–Trinajstić information content (AvgIpc) is 2.66. The Kier molecular flexibility index (Phi) is 5.90. The van der Waals surface area contributed by atoms with Gasteiger partial charge >= 0.3 is 6.03 Å². The van der Waals surface area contributed by atoms with Crippen molar-refractivity contribution in [2.24, 2.45) is 0 Å². The van der Waals surface area contributed by atoms with Crippen molar-refractivity contribution in [3.05, 3.63) is 53.6 Å². The van der Waals surface area contributed by atoms with Gasteiger partial charge in [0.15, 0.2) is 0 Å². The Morgan fingerprint density at radius 3 is 2.68 bits per heavy atom. The number of rotatable bonds is 6. The van der Waals surface area contributed by atoms with Crippen LogP contribution < -0.4 is 15.4 Å². The number of carbonyl (C=O) groups excluding carboxylic acids is 1. The lowest BCUT2D eigenvalue weighted by molar-refractivity contribution is 0.237. The normalized spacial score (nSPS) is 12.8. The molecule has 3 rings (SSSR count). The highest BCUT2D eigenvalue weighted by atomic mass is 16.5. The molecular formula is C20H24N2O3. The summed E-state index contributed by atoms with van der Waals surface area (Å²) in [6.45, 7) is 1.84. The number of fused-ring (bicyclic) bond motifs is 1. The summed E-state index contributed by atoms with van der Waals surface area (Å²) >= 11 is 0. The SMILES string of the molecule is O=C(NCCCO)NCc1ccc(-c2ccc3c(c2)CCCO3)cc1. The monoisotopic (exact) mass is 340 g/mol. The van der Waals surface area contributed by atoms with Crippen molar-refractivity contribution in [3.63, 3.8) is 0 Å². The predicted octanol–water partition coefficient (Wildman–Crippen LogP) is 2.86. The largest absolute Gasteiger partial charge is 0.493 e. The quantitative estimate of drug-likeness (QED) is 0.708. The minimum Gasteiger partial charge on any atom is -0.493 e. The smallest absolute Gasteiger partial charge is 0.315 e. The Morgan fingerprint density at radius 1 is 1.08 bits per heavy atom. The van der Waals surface area contributed by atoms with Gasteiger partial charge < -0.3 is 20.5 Å². The Labute approximate surface area is 148 Å². The van der Waals surface area contributed by atoms with Crippen LogP contribution in [0.1, 0.15) is 24.0 Å². The average molecular weight is 340 g/mol. The van der Waals surface area contributed by atoms with Crippen molar-refractivity contribution in [2.45, 2.75) is 25.8 Å². The highest BCUT2D eigenvalue weighted by Gasteiger charge is 2.11. The summed E-state index contributed by atoms with van der Waals surface area (Å²) in [6.07, 6.45) is 2.70. The van der Waals surface area contributed by atoms with E-state index in [1.54, 1.807) is 0 Å². The Balaban J connectivity index is 1.58. The van der Waals surface area contributed by atoms with Crippen LogP contribution in [0.25, 0.3) is 11.1 Å². The van der Waals surface area contributed by atoms with Crippen molar-refractivity contribution in [1.29, 1.82) is 0 Å². The minimum absolute atomic E-state index is 0.0799. The van der Waals surface area contributed by atoms with Gasteiger partial charge in [0.2, 0.25) is 0 Å². The fraction of sp³-hybridized carbons (Fsp3) is 0.350. The molecule has 0 radical (unpaired) electrons. The lowest BCUT2D eigenvalue weighted by Crippen LogP contribution is -2.35. The summed E-state index contributed by atoms with van der Waals surface area (Å²) in [4.78, 5) is 11.6. The summed E-state index contributed by atoms with van der Waals surface area (Å²) in [5, 5.41) is 14.2. The number of urea groups is 1. The van der Waals surface area contributed by atoms with Crippen LogP contribution in [0, 0.1) is 0 Å². The zero-order valence-corrected chi connectivity index (χ0v) is 14.3. The molecule has 0 bridgehead atoms. The third kappa shape index (κ3) is 4.73. The molecule has 0 aliphatic carbocycles. The zero-order valence-electron chi connectivity index (χ0n) is 14.3. The van der Waals surface area contributed by atoms with Crippen LogP contribution in [0.2, 0.25) is 0 Å². The second-order valence-corrected chi connectivity index (χ2v) is 6.16. The van der Waals surface area contributed by atoms with Gasteiger partial charge in [0, 0.05) is 19.7 Å². The third-order valence-corrected chi connectivity index (χ3v) is 4.27. The van der Waals surface area contributed by atoms with E-state index < -0.39 is 0 Å². The van der Waals surface area contributed by atoms with E-state index in [1.165, 1.54) is 11.1 Å². The van der Waals surface area contributed by atoms with Crippen LogP contribution in [-0.4, -0.2) is 30.9 Å². The van der Waals surface area contributed by atoms with E-state index in [2.05, 4.69) is 41.0 Å². The summed E-state index contributed by atoms with van der Waals surface area (Å²) in [5.74, 6) is 1.00. The van der Waals surface area contributed by atoms with Gasteiger partial charge in [-0.25, -0.2) is 4.79 Å². The van der Waals surface area contributed by atoms with E-state index in [0.717, 1.165) is 36.3 Å². The molecule has 5 nitrogen and oxygen atoms in total. The third-order valence-electron chi connectivity index (χ3n) is 4.27. The molecule has 25 heavy (non-hydrogen) atoms. The first kappa shape index (κ1) is 17.3. The van der Waals surface area contributed by atoms with E-state index in [4.69, 9.17) is 9.84 Å². The van der Waals surface area contributed by atoms with Crippen LogP contribution in [0.5, 0.6) is 5.75 Å². The maximum Gasteiger partial charge on any atom is 0.315 e. The molecule has 2 aromatic rings. The number of nitrogens with one attached hydrogen (secondary N) is 2. The zero-order chi connectivity index (χ0) is 17.5. The Bertz CT molecular complexity index is 713. The van der Waals surface area contributed by atoms with Crippen LogP contribution in [0.15, 0.2) is 42.5 Å². The number of amides is 2. The van der Waals surface area contributed by atoms with Crippen molar-refractivity contribution in [1.82, 2.24) is 10.6 Å². The van der Waals surface area contributed by atoms with Gasteiger partial charge in [-0.1, -0.05) is 30.3 Å². The fourth-order valence-electron chi connectivity index (χ4n) is 2.88. The topological polar surface area (TPSA) is 70.6 Å². The van der Waals surface area contributed by atoms with Crippen molar-refractivity contribution in [2.75, 3.05) is 19.8 Å². The highest BCUT2D eigenvalue weighted by Crippen LogP contribution is 2.30. The number of hydrogen-bond donors (Lipinski definition) is 3. The molecule has 3 N–H and O–H groups in total. The van der Waals surface area contributed by atoms with Crippen LogP contribution in [0.3, 0.4) is 0 Å². The van der Waals surface area contributed by atoms with Crippen molar-refractivity contribution >= 4 is 6.03 Å². The van der Waals surface area contributed by atoms with Gasteiger partial charge in [-0.05, 0) is 53.6 Å². The first-order chi connectivity index (χ1) is 12.3. The second kappa shape index (κ2) is 8.53. The van der Waals surface area contributed by atoms with E-state index in [1.807, 2.05) is 12.1 Å². The number of carbonyl (C=O) groups is 1. The molecule has 0 fully saturated rings. The Morgan fingerprint density at radius 2 is 1.88 bits per heavy atom. The first-order valence-corrected chi connectivity index (χ1v) is 8.74. The lowest BCUT2D eigenvalue weighted by atomic mass is 9.98. The minimum atomic E-state index is -0.216. The molecule has 0 aromatic heterocycles. The number of aliphatic hydroxyl groups is 1. The summed E-state index contributed by atoms with van der Waals surface area (Å²) in [5.41, 5.74) is 4.66. The number of benzene rings is 2. The maximum absolute atomic E-state index is 11.6. The summed E-state index contributed by atoms with van der Waals surface area (Å²) in [7, 11) is 0. The summed E-state index contributed by atoms with van der Waals surface area (Å²) in [6, 6.07) is 14.3. The molecule has 1 aliphatic heterocycles. The predicted molar refractivity (Wildman–Crippen MR) is 97.6 cm³/mol. The molecule has 0 unspecified atom stereocenters. The molecule has 2 aromatic carbocycles. The molecule has 0 atom stereocenters. The number of aryl methyl sites for hydroxylation is 1. The van der Waals surface area contributed by atoms with Gasteiger partial charge in [-0.2, -0.15) is 0 Å². The number of hydrogen-bond acceptors (Lipinski definition) is 3. The van der Waals surface area contributed by atoms with Crippen LogP contribution in [0.4, 0.5) is 4.79 Å². The van der Waals surface area contributed by atoms with Crippen LogP contribution in [-0.2, 0) is 13.0 Å². The van der Waals surface area contributed by atoms with Gasteiger partial charge in [0.05, 0.1) is 6.61 Å². The Hall–Kier alpha value is -2.53. The molecule has 0 saturated carbocycles. The molecular weight excluding hydrogens is 316 g/mol. The van der Waals surface area contributed by atoms with Gasteiger partial charge in [-0.15, -0.1) is 0 Å². The standard InChI is InChI=1S/C20H24N2O3/c23-11-2-10-21-20(24)22-14-15-4-6-16(7-5-15)17-8-9-19-18(13-17)3-1-12-25-19/h4-9,13,23H,1-3,10-12,14H2,(H2,21,22,24). The highest BCUT2D eigenvalue weighted by molar-refractivity contribution is 5.73. The van der Waals surface area contributed by atoms with E-state index in [0.29, 0.717) is 19.5 Å². The molecule has 5 heteroatoms. The van der Waals surface area contributed by atoms with Crippen LogP contribution >= 0.6 is 0 Å². The molecule has 132 valence electrons. The maximum atomic E-state index is 11.6. The van der Waals surface area contributed by atoms with Gasteiger partial charge in [0.1, 0.15) is 5.75 Å². The van der Waals surface area contributed by atoms with Gasteiger partial charge in [-0.3, -0.25) is 0 Å². The number of ether oxygens (including phenoxy) is 1. The van der Waals surface area contributed by atoms with E-state index in [-0.39, 0.29) is 12.6 Å². The summed E-state index contributed by atoms with van der Waals surface area (Å²) < 4.78 is 5.66. The molecule has 0 saturated heterocycles. The van der Waals surface area contributed by atoms with Crippen molar-refractivity contribution < 1.29 is 14.6 Å². The fourth-order valence-corrected chi connectivity index (χ4v) is 2.88. The van der Waals surface area contributed by atoms with Crippen molar-refractivity contribution in [3.8, 4) is 16.9 Å². The van der Waals surface area contributed by atoms with Gasteiger partial charge in [0.25, 0.3) is 0 Å². The second-order valence-electron chi connectivity index (χ2n) is 6.16. The lowest BCUT2D eigenvalue weighted by Gasteiger charge is -2.18. The molecule has 0 spiro atoms. The number of aliphatic hydroxyl groups excluding tert-OH is 1. The first-order valence-electron chi connectivity index (χ1n) is 8.74. The van der Waals surface area contributed by atoms with E-state index in [9.17, 15) is 4.79 Å². The van der Waals surface area contributed by atoms with E-state index >= 15 is 0 Å². The molecule has 1 heterocycles. The molecule has 2 amide bonds. The molecule has 1 aliphatic rings.